The highest BCUT2D eigenvalue weighted by Crippen LogP contribution is 2.10. The number of hydrogen-bond donors (Lipinski definition) is 1. The van der Waals surface area contributed by atoms with E-state index in [0.29, 0.717) is 6.04 Å². The van der Waals surface area contributed by atoms with Gasteiger partial charge in [0.05, 0.1) is 0 Å². The fourth-order valence-electron chi connectivity index (χ4n) is 2.26. The van der Waals surface area contributed by atoms with Gasteiger partial charge in [0.15, 0.2) is 0 Å². The molecular weight excluding hydrogens is 162 g/mol. The van der Waals surface area contributed by atoms with Gasteiger partial charge in [-0.2, -0.15) is 0 Å². The Balaban J connectivity index is 2.52. The minimum atomic E-state index is 0.667. The summed E-state index contributed by atoms with van der Waals surface area (Å²) in [7, 11) is 6.48. The molecule has 1 rings (SSSR count). The third kappa shape index (κ3) is 3.25. The molecule has 0 aromatic rings. The Morgan fingerprint density at radius 1 is 1.23 bits per heavy atom. The van der Waals surface area contributed by atoms with Gasteiger partial charge >= 0.3 is 0 Å². The first-order valence-corrected chi connectivity index (χ1v) is 5.17. The van der Waals surface area contributed by atoms with Crippen molar-refractivity contribution in [3.8, 4) is 0 Å². The van der Waals surface area contributed by atoms with E-state index >= 15 is 0 Å². The summed E-state index contributed by atoms with van der Waals surface area (Å²) in [6, 6.07) is 0.667. The van der Waals surface area contributed by atoms with E-state index in [-0.39, 0.29) is 0 Å². The summed E-state index contributed by atoms with van der Waals surface area (Å²) in [6.45, 7) is 7.05. The van der Waals surface area contributed by atoms with Crippen molar-refractivity contribution in [3.05, 3.63) is 0 Å². The molecule has 0 radical (unpaired) electrons. The van der Waals surface area contributed by atoms with Gasteiger partial charge < -0.3 is 15.1 Å². The largest absolute Gasteiger partial charge is 0.318 e. The molecule has 0 saturated carbocycles. The van der Waals surface area contributed by atoms with Gasteiger partial charge in [-0.15, -0.1) is 0 Å². The van der Waals surface area contributed by atoms with Crippen LogP contribution < -0.4 is 5.32 Å². The van der Waals surface area contributed by atoms with Crippen molar-refractivity contribution in [1.82, 2.24) is 15.1 Å². The summed E-state index contributed by atoms with van der Waals surface area (Å²) in [4.78, 5) is 4.92. The number of likely N-dealkylation sites (N-methyl/N-ethyl adjacent to an activating group) is 3. The third-order valence-electron chi connectivity index (χ3n) is 2.81. The molecule has 1 N–H and O–H groups in total. The van der Waals surface area contributed by atoms with Crippen LogP contribution in [0.4, 0.5) is 0 Å². The van der Waals surface area contributed by atoms with Crippen LogP contribution in [0.1, 0.15) is 6.92 Å². The summed E-state index contributed by atoms with van der Waals surface area (Å²) >= 11 is 0. The van der Waals surface area contributed by atoms with Gasteiger partial charge in [0.1, 0.15) is 0 Å². The monoisotopic (exact) mass is 185 g/mol. The Morgan fingerprint density at radius 2 is 1.92 bits per heavy atom. The Kier molecular flexibility index (Phi) is 4.16. The summed E-state index contributed by atoms with van der Waals surface area (Å²) in [6.07, 6.45) is 0. The van der Waals surface area contributed by atoms with Crippen molar-refractivity contribution in [2.24, 2.45) is 5.92 Å². The number of rotatable bonds is 2. The Labute approximate surface area is 82.1 Å². The van der Waals surface area contributed by atoms with Crippen molar-refractivity contribution in [3.63, 3.8) is 0 Å². The zero-order valence-electron chi connectivity index (χ0n) is 9.38. The lowest BCUT2D eigenvalue weighted by molar-refractivity contribution is 0.219. The lowest BCUT2D eigenvalue weighted by Crippen LogP contribution is -2.43. The summed E-state index contributed by atoms with van der Waals surface area (Å²) in [5, 5.41) is 3.26. The maximum Gasteiger partial charge on any atom is 0.0344 e. The molecule has 0 amide bonds. The van der Waals surface area contributed by atoms with Gasteiger partial charge in [-0.3, -0.25) is 0 Å². The van der Waals surface area contributed by atoms with Crippen LogP contribution in [0.2, 0.25) is 0 Å². The zero-order valence-corrected chi connectivity index (χ0v) is 9.38. The average Bonchev–Trinajstić information content (AvgIpc) is 2.12. The maximum absolute atomic E-state index is 3.26. The first kappa shape index (κ1) is 11.0. The smallest absolute Gasteiger partial charge is 0.0344 e. The lowest BCUT2D eigenvalue weighted by Gasteiger charge is -2.27. The molecule has 0 spiro atoms. The average molecular weight is 185 g/mol. The minimum absolute atomic E-state index is 0.667. The Hall–Kier alpha value is -0.120. The summed E-state index contributed by atoms with van der Waals surface area (Å²) < 4.78 is 0. The molecule has 0 aromatic heterocycles. The third-order valence-corrected chi connectivity index (χ3v) is 2.81. The van der Waals surface area contributed by atoms with Crippen LogP contribution in [-0.4, -0.2) is 63.2 Å². The number of hydrogen-bond acceptors (Lipinski definition) is 3. The highest BCUT2D eigenvalue weighted by molar-refractivity contribution is 4.80. The normalized spacial score (nSPS) is 33.2. The van der Waals surface area contributed by atoms with Crippen molar-refractivity contribution >= 4 is 0 Å². The van der Waals surface area contributed by atoms with Gasteiger partial charge in [-0.05, 0) is 27.1 Å². The molecule has 0 aliphatic carbocycles. The van der Waals surface area contributed by atoms with Gasteiger partial charge in [-0.1, -0.05) is 6.92 Å². The molecule has 3 nitrogen and oxygen atoms in total. The maximum atomic E-state index is 3.26. The van der Waals surface area contributed by atoms with E-state index in [2.05, 4.69) is 36.1 Å². The first-order chi connectivity index (χ1) is 6.13. The fourth-order valence-corrected chi connectivity index (χ4v) is 2.26. The predicted molar refractivity (Wildman–Crippen MR) is 57.0 cm³/mol. The quantitative estimate of drug-likeness (QED) is 0.658. The molecule has 3 heteroatoms. The van der Waals surface area contributed by atoms with E-state index in [0.717, 1.165) is 12.5 Å². The molecular formula is C10H23N3. The molecule has 1 saturated heterocycles. The van der Waals surface area contributed by atoms with Crippen LogP contribution in [0.5, 0.6) is 0 Å². The number of nitrogens with zero attached hydrogens (tertiary/aromatic N) is 2. The Morgan fingerprint density at radius 3 is 2.54 bits per heavy atom. The predicted octanol–water partition coefficient (Wildman–Crippen LogP) is 0.0877. The second-order valence-electron chi connectivity index (χ2n) is 4.48. The summed E-state index contributed by atoms with van der Waals surface area (Å²) in [5.41, 5.74) is 0. The van der Waals surface area contributed by atoms with E-state index in [4.69, 9.17) is 0 Å². The SMILES string of the molecule is CNCC1CN(C)CC(C)CN1C. The molecule has 1 heterocycles. The van der Waals surface area contributed by atoms with E-state index in [9.17, 15) is 0 Å². The second kappa shape index (κ2) is 4.94. The van der Waals surface area contributed by atoms with E-state index < -0.39 is 0 Å². The van der Waals surface area contributed by atoms with Crippen LogP contribution in [0.3, 0.4) is 0 Å². The van der Waals surface area contributed by atoms with Gasteiger partial charge in [0.2, 0.25) is 0 Å². The van der Waals surface area contributed by atoms with E-state index in [1.807, 2.05) is 7.05 Å². The van der Waals surface area contributed by atoms with Crippen LogP contribution in [-0.2, 0) is 0 Å². The topological polar surface area (TPSA) is 18.5 Å². The molecule has 0 aromatic carbocycles. The number of nitrogens with one attached hydrogen (secondary N) is 1. The molecule has 2 atom stereocenters. The lowest BCUT2D eigenvalue weighted by atomic mass is 10.1. The van der Waals surface area contributed by atoms with Crippen LogP contribution in [0.25, 0.3) is 0 Å². The second-order valence-corrected chi connectivity index (χ2v) is 4.48. The molecule has 2 unspecified atom stereocenters. The van der Waals surface area contributed by atoms with Crippen LogP contribution in [0, 0.1) is 5.92 Å². The van der Waals surface area contributed by atoms with Crippen LogP contribution >= 0.6 is 0 Å². The van der Waals surface area contributed by atoms with Crippen LogP contribution in [0.15, 0.2) is 0 Å². The Bertz CT molecular complexity index is 149. The molecule has 1 aliphatic heterocycles. The van der Waals surface area contributed by atoms with Gasteiger partial charge in [-0.25, -0.2) is 0 Å². The molecule has 0 bridgehead atoms. The highest BCUT2D eigenvalue weighted by Gasteiger charge is 2.22. The molecule has 13 heavy (non-hydrogen) atoms. The summed E-state index contributed by atoms with van der Waals surface area (Å²) in [5.74, 6) is 0.789. The standard InChI is InChI=1S/C10H23N3/c1-9-6-12(3)8-10(5-11-2)13(4)7-9/h9-11H,5-8H2,1-4H3. The fraction of sp³-hybridized carbons (Fsp3) is 1.00. The first-order valence-electron chi connectivity index (χ1n) is 5.17. The zero-order chi connectivity index (χ0) is 9.84. The molecule has 78 valence electrons. The minimum Gasteiger partial charge on any atom is -0.318 e. The molecule has 1 fully saturated rings. The highest BCUT2D eigenvalue weighted by atomic mass is 15.2. The van der Waals surface area contributed by atoms with E-state index in [1.54, 1.807) is 0 Å². The molecule has 1 aliphatic rings. The van der Waals surface area contributed by atoms with Gasteiger partial charge in [0.25, 0.3) is 0 Å². The van der Waals surface area contributed by atoms with Crippen molar-refractivity contribution in [2.75, 3.05) is 47.3 Å². The van der Waals surface area contributed by atoms with Crippen molar-refractivity contribution in [2.45, 2.75) is 13.0 Å². The van der Waals surface area contributed by atoms with Crippen molar-refractivity contribution < 1.29 is 0 Å². The van der Waals surface area contributed by atoms with Gasteiger partial charge in [0, 0.05) is 32.2 Å². The van der Waals surface area contributed by atoms with Crippen molar-refractivity contribution in [1.29, 1.82) is 0 Å². The van der Waals surface area contributed by atoms with E-state index in [1.165, 1.54) is 19.6 Å².